The minimum atomic E-state index is -4.13. The zero-order chi connectivity index (χ0) is 15.0. The SMILES string of the molecule is CCn1c2ccccc2c2cc(/C=C/P(=O)(O)O)ccc21. The minimum Gasteiger partial charge on any atom is -0.341 e. The Kier molecular flexibility index (Phi) is 3.46. The van der Waals surface area contributed by atoms with E-state index < -0.39 is 7.60 Å². The van der Waals surface area contributed by atoms with Gasteiger partial charge in [0.15, 0.2) is 0 Å². The molecule has 3 aromatic rings. The zero-order valence-corrected chi connectivity index (χ0v) is 12.5. The van der Waals surface area contributed by atoms with Crippen molar-refractivity contribution in [2.24, 2.45) is 0 Å². The Hall–Kier alpha value is -1.87. The van der Waals surface area contributed by atoms with Crippen molar-refractivity contribution in [3.63, 3.8) is 0 Å². The van der Waals surface area contributed by atoms with Crippen LogP contribution in [-0.2, 0) is 11.1 Å². The third-order valence-electron chi connectivity index (χ3n) is 3.57. The number of aryl methyl sites for hydroxylation is 1. The van der Waals surface area contributed by atoms with E-state index in [1.807, 2.05) is 30.3 Å². The Bertz CT molecular complexity index is 889. The smallest absolute Gasteiger partial charge is 0.341 e. The minimum absolute atomic E-state index is 0.782. The van der Waals surface area contributed by atoms with Gasteiger partial charge in [-0.05, 0) is 36.8 Å². The molecule has 1 aromatic heterocycles. The molecule has 2 N–H and O–H groups in total. The monoisotopic (exact) mass is 301 g/mol. The van der Waals surface area contributed by atoms with Crippen LogP contribution in [0.25, 0.3) is 27.9 Å². The van der Waals surface area contributed by atoms with Gasteiger partial charge in [-0.25, -0.2) is 0 Å². The summed E-state index contributed by atoms with van der Waals surface area (Å²) in [5, 5.41) is 2.25. The van der Waals surface area contributed by atoms with Crippen LogP contribution in [0.4, 0.5) is 0 Å². The van der Waals surface area contributed by atoms with Gasteiger partial charge in [0.25, 0.3) is 0 Å². The van der Waals surface area contributed by atoms with E-state index in [1.54, 1.807) is 0 Å². The van der Waals surface area contributed by atoms with Crippen molar-refractivity contribution in [3.8, 4) is 0 Å². The summed E-state index contributed by atoms with van der Waals surface area (Å²) >= 11 is 0. The molecule has 2 aromatic carbocycles. The number of aromatic nitrogens is 1. The van der Waals surface area contributed by atoms with Crippen LogP contribution in [0.3, 0.4) is 0 Å². The van der Waals surface area contributed by atoms with E-state index in [4.69, 9.17) is 9.79 Å². The molecule has 0 radical (unpaired) electrons. The molecule has 0 atom stereocenters. The van der Waals surface area contributed by atoms with E-state index in [-0.39, 0.29) is 0 Å². The van der Waals surface area contributed by atoms with Crippen molar-refractivity contribution in [3.05, 3.63) is 53.8 Å². The maximum atomic E-state index is 10.9. The molecule has 0 saturated heterocycles. The van der Waals surface area contributed by atoms with Crippen LogP contribution in [-0.4, -0.2) is 14.4 Å². The van der Waals surface area contributed by atoms with E-state index in [1.165, 1.54) is 11.6 Å². The molecular weight excluding hydrogens is 285 g/mol. The lowest BCUT2D eigenvalue weighted by atomic mass is 10.1. The standard InChI is InChI=1S/C16H16NO3P/c1-2-17-15-6-4-3-5-13(15)14-11-12(7-8-16(14)17)9-10-21(18,19)20/h3-11H,2H2,1H3,(H2,18,19,20)/b10-9+. The summed E-state index contributed by atoms with van der Waals surface area (Å²) in [5.74, 6) is 0.938. The maximum absolute atomic E-state index is 10.9. The molecule has 0 aliphatic rings. The Labute approximate surface area is 122 Å². The molecule has 3 rings (SSSR count). The first-order valence-electron chi connectivity index (χ1n) is 6.75. The van der Waals surface area contributed by atoms with Crippen LogP contribution in [0, 0.1) is 0 Å². The van der Waals surface area contributed by atoms with Crippen LogP contribution in [0.5, 0.6) is 0 Å². The molecule has 0 fully saturated rings. The van der Waals surface area contributed by atoms with Crippen LogP contribution in [0.15, 0.2) is 48.3 Å². The van der Waals surface area contributed by atoms with Gasteiger partial charge in [0.1, 0.15) is 0 Å². The maximum Gasteiger partial charge on any atom is 0.349 e. The molecule has 0 saturated carbocycles. The second kappa shape index (κ2) is 5.15. The summed E-state index contributed by atoms with van der Waals surface area (Å²) < 4.78 is 13.2. The first kappa shape index (κ1) is 14.1. The lowest BCUT2D eigenvalue weighted by molar-refractivity contribution is 0.386. The number of hydrogen-bond acceptors (Lipinski definition) is 1. The number of nitrogens with zero attached hydrogens (tertiary/aromatic N) is 1. The third-order valence-corrected chi connectivity index (χ3v) is 4.11. The van der Waals surface area contributed by atoms with E-state index in [0.29, 0.717) is 0 Å². The fourth-order valence-electron chi connectivity index (χ4n) is 2.70. The molecule has 0 spiro atoms. The highest BCUT2D eigenvalue weighted by molar-refractivity contribution is 7.55. The Balaban J connectivity index is 2.24. The van der Waals surface area contributed by atoms with Gasteiger partial charge in [-0.1, -0.05) is 24.3 Å². The molecule has 0 bridgehead atoms. The number of fused-ring (bicyclic) bond motifs is 3. The van der Waals surface area contributed by atoms with Crippen molar-refractivity contribution < 1.29 is 14.4 Å². The van der Waals surface area contributed by atoms with Crippen molar-refractivity contribution in [1.82, 2.24) is 4.57 Å². The summed E-state index contributed by atoms with van der Waals surface area (Å²) in [6, 6.07) is 14.0. The highest BCUT2D eigenvalue weighted by Gasteiger charge is 2.10. The number of hydrogen-bond donors (Lipinski definition) is 2. The Morgan fingerprint density at radius 3 is 2.52 bits per heavy atom. The molecular formula is C16H16NO3P. The van der Waals surface area contributed by atoms with Gasteiger partial charge in [0, 0.05) is 34.2 Å². The fraction of sp³-hybridized carbons (Fsp3) is 0.125. The molecule has 0 aliphatic heterocycles. The van der Waals surface area contributed by atoms with E-state index in [9.17, 15) is 4.57 Å². The molecule has 5 heteroatoms. The van der Waals surface area contributed by atoms with Crippen LogP contribution in [0.1, 0.15) is 12.5 Å². The van der Waals surface area contributed by atoms with Gasteiger partial charge in [0.2, 0.25) is 0 Å². The average molecular weight is 301 g/mol. The number of rotatable bonds is 3. The highest BCUT2D eigenvalue weighted by atomic mass is 31.2. The van der Waals surface area contributed by atoms with Crippen molar-refractivity contribution >= 4 is 35.5 Å². The third kappa shape index (κ3) is 2.66. The lowest BCUT2D eigenvalue weighted by Crippen LogP contribution is -1.92. The fourth-order valence-corrected chi connectivity index (χ4v) is 3.07. The predicted octanol–water partition coefficient (Wildman–Crippen LogP) is 3.96. The van der Waals surface area contributed by atoms with Gasteiger partial charge in [-0.15, -0.1) is 0 Å². The molecule has 1 heterocycles. The predicted molar refractivity (Wildman–Crippen MR) is 86.2 cm³/mol. The first-order chi connectivity index (χ1) is 9.99. The van der Waals surface area contributed by atoms with Crippen molar-refractivity contribution in [2.75, 3.05) is 0 Å². The first-order valence-corrected chi connectivity index (χ1v) is 8.43. The van der Waals surface area contributed by atoms with Gasteiger partial charge < -0.3 is 14.4 Å². The van der Waals surface area contributed by atoms with Crippen LogP contribution < -0.4 is 0 Å². The summed E-state index contributed by atoms with van der Waals surface area (Å²) in [7, 11) is -4.13. The lowest BCUT2D eigenvalue weighted by Gasteiger charge is -2.02. The number of benzene rings is 2. The van der Waals surface area contributed by atoms with Crippen LogP contribution in [0.2, 0.25) is 0 Å². The van der Waals surface area contributed by atoms with Crippen molar-refractivity contribution in [1.29, 1.82) is 0 Å². The quantitative estimate of drug-likeness (QED) is 0.720. The topological polar surface area (TPSA) is 62.5 Å². The van der Waals surface area contributed by atoms with E-state index in [0.717, 1.165) is 34.2 Å². The van der Waals surface area contributed by atoms with Gasteiger partial charge in [-0.3, -0.25) is 4.57 Å². The second-order valence-corrected chi connectivity index (χ2v) is 6.42. The Morgan fingerprint density at radius 2 is 1.81 bits per heavy atom. The molecule has 108 valence electrons. The second-order valence-electron chi connectivity index (χ2n) is 4.94. The summed E-state index contributed by atoms with van der Waals surface area (Å²) in [4.78, 5) is 17.9. The van der Waals surface area contributed by atoms with Gasteiger partial charge in [-0.2, -0.15) is 0 Å². The molecule has 4 nitrogen and oxygen atoms in total. The molecule has 21 heavy (non-hydrogen) atoms. The summed E-state index contributed by atoms with van der Waals surface area (Å²) in [5.41, 5.74) is 3.09. The van der Waals surface area contributed by atoms with Gasteiger partial charge in [0.05, 0.1) is 0 Å². The summed E-state index contributed by atoms with van der Waals surface area (Å²) in [6.45, 7) is 2.98. The average Bonchev–Trinajstić information content (AvgIpc) is 2.77. The number of para-hydroxylation sites is 1. The molecule has 0 amide bonds. The normalized spacial score (nSPS) is 12.7. The molecule has 0 aliphatic carbocycles. The van der Waals surface area contributed by atoms with Crippen LogP contribution >= 0.6 is 7.60 Å². The van der Waals surface area contributed by atoms with E-state index in [2.05, 4.69) is 23.6 Å². The van der Waals surface area contributed by atoms with Gasteiger partial charge >= 0.3 is 7.60 Å². The zero-order valence-electron chi connectivity index (χ0n) is 11.6. The van der Waals surface area contributed by atoms with E-state index >= 15 is 0 Å². The summed E-state index contributed by atoms with van der Waals surface area (Å²) in [6.07, 6.45) is 1.47. The molecule has 0 unspecified atom stereocenters. The Morgan fingerprint density at radius 1 is 1.10 bits per heavy atom. The van der Waals surface area contributed by atoms with Crippen molar-refractivity contribution in [2.45, 2.75) is 13.5 Å². The largest absolute Gasteiger partial charge is 0.349 e. The highest BCUT2D eigenvalue weighted by Crippen LogP contribution is 2.37.